The van der Waals surface area contributed by atoms with Crippen LogP contribution >= 0.6 is 0 Å². The third-order valence-corrected chi connectivity index (χ3v) is 4.77. The summed E-state index contributed by atoms with van der Waals surface area (Å²) in [6.45, 7) is 6.91. The molecule has 0 radical (unpaired) electrons. The molecule has 11 nitrogen and oxygen atoms in total. The molecule has 0 aliphatic rings. The molecule has 0 fully saturated rings. The third kappa shape index (κ3) is 12.0. The van der Waals surface area contributed by atoms with Crippen LogP contribution < -0.4 is 14.2 Å². The van der Waals surface area contributed by atoms with Crippen molar-refractivity contribution in [1.29, 1.82) is 0 Å². The number of esters is 3. The number of aliphatic hydroxyl groups excluding tert-OH is 1. The van der Waals surface area contributed by atoms with Gasteiger partial charge in [-0.3, -0.25) is 0 Å². The van der Waals surface area contributed by atoms with Crippen molar-refractivity contribution in [2.45, 2.75) is 19.3 Å². The summed E-state index contributed by atoms with van der Waals surface area (Å²) >= 11 is 0. The summed E-state index contributed by atoms with van der Waals surface area (Å²) in [6, 6.07) is 12.1. The van der Waals surface area contributed by atoms with Crippen LogP contribution in [0.1, 0.15) is 29.6 Å². The number of hydrogen-bond acceptors (Lipinski definition) is 11. The second kappa shape index (κ2) is 17.0. The van der Waals surface area contributed by atoms with Gasteiger partial charge in [-0.1, -0.05) is 13.2 Å². The van der Waals surface area contributed by atoms with E-state index in [2.05, 4.69) is 13.2 Å². The van der Waals surface area contributed by atoms with Gasteiger partial charge in [-0.05, 0) is 61.4 Å². The molecule has 0 saturated carbocycles. The maximum absolute atomic E-state index is 12.4. The summed E-state index contributed by atoms with van der Waals surface area (Å²) < 4.78 is 30.6. The molecular formula is C28H30O11. The maximum Gasteiger partial charge on any atom is 0.513 e. The molecule has 1 N–H and O–H groups in total. The second-order valence-corrected chi connectivity index (χ2v) is 7.76. The van der Waals surface area contributed by atoms with Crippen molar-refractivity contribution in [1.82, 2.24) is 0 Å². The van der Waals surface area contributed by atoms with E-state index in [1.165, 1.54) is 24.3 Å². The minimum atomic E-state index is -0.899. The molecule has 208 valence electrons. The van der Waals surface area contributed by atoms with E-state index in [1.807, 2.05) is 0 Å². The molecule has 0 amide bonds. The molecule has 0 heterocycles. The lowest BCUT2D eigenvalue weighted by Gasteiger charge is -2.09. The van der Waals surface area contributed by atoms with Crippen molar-refractivity contribution >= 4 is 24.1 Å². The van der Waals surface area contributed by atoms with Gasteiger partial charge in [0.15, 0.2) is 0 Å². The number of aliphatic hydroxyl groups is 1. The molecule has 0 aliphatic carbocycles. The zero-order valence-electron chi connectivity index (χ0n) is 21.3. The van der Waals surface area contributed by atoms with E-state index in [0.29, 0.717) is 30.8 Å². The van der Waals surface area contributed by atoms with Crippen LogP contribution in [0.15, 0.2) is 73.3 Å². The number of rotatable bonds is 16. The Hall–Kier alpha value is -4.64. The number of carbonyl (C=O) groups excluding carboxylic acids is 4. The van der Waals surface area contributed by atoms with Gasteiger partial charge in [-0.15, -0.1) is 0 Å². The van der Waals surface area contributed by atoms with Crippen LogP contribution in [0, 0.1) is 0 Å². The largest absolute Gasteiger partial charge is 0.513 e. The molecule has 2 rings (SSSR count). The molecule has 0 atom stereocenters. The summed E-state index contributed by atoms with van der Waals surface area (Å²) in [4.78, 5) is 46.5. The van der Waals surface area contributed by atoms with Crippen LogP contribution in [-0.2, 0) is 23.8 Å². The van der Waals surface area contributed by atoms with E-state index in [4.69, 9.17) is 33.5 Å². The first kappa shape index (κ1) is 30.6. The molecule has 0 spiro atoms. The topological polar surface area (TPSA) is 144 Å². The predicted octanol–water partition coefficient (Wildman–Crippen LogP) is 3.79. The molecule has 0 saturated heterocycles. The first-order chi connectivity index (χ1) is 18.8. The van der Waals surface area contributed by atoms with Gasteiger partial charge in [-0.25, -0.2) is 19.2 Å². The van der Waals surface area contributed by atoms with Crippen molar-refractivity contribution in [2.75, 3.05) is 33.0 Å². The SMILES string of the molecule is C=CC(=O)OCCCCOC(=O)Oc1ccc(C(=O)Oc2ccc(OCCCOC(=O)C(=C)CO)cc2)cc1. The predicted molar refractivity (Wildman–Crippen MR) is 138 cm³/mol. The van der Waals surface area contributed by atoms with Crippen LogP contribution in [0.3, 0.4) is 0 Å². The first-order valence-corrected chi connectivity index (χ1v) is 12.0. The standard InChI is InChI=1S/C28H30O11/c1-3-25(30)35-15-4-5-16-37-28(33)39-24-9-7-21(8-10-24)27(32)38-23-13-11-22(12-14-23)34-17-6-18-36-26(31)20(2)19-29/h3,7-14,29H,1-2,4-6,15-19H2. The number of hydrogen-bond donors (Lipinski definition) is 1. The zero-order valence-corrected chi connectivity index (χ0v) is 21.3. The van der Waals surface area contributed by atoms with Crippen molar-refractivity contribution in [2.24, 2.45) is 0 Å². The van der Waals surface area contributed by atoms with Crippen molar-refractivity contribution in [3.05, 3.63) is 78.9 Å². The molecule has 2 aromatic carbocycles. The lowest BCUT2D eigenvalue weighted by atomic mass is 10.2. The number of carbonyl (C=O) groups is 4. The highest BCUT2D eigenvalue weighted by Crippen LogP contribution is 2.20. The fourth-order valence-corrected chi connectivity index (χ4v) is 2.73. The van der Waals surface area contributed by atoms with Crippen LogP contribution in [0.2, 0.25) is 0 Å². The highest BCUT2D eigenvalue weighted by atomic mass is 16.7. The first-order valence-electron chi connectivity index (χ1n) is 12.0. The molecule has 0 unspecified atom stereocenters. The van der Waals surface area contributed by atoms with Gasteiger partial charge in [-0.2, -0.15) is 0 Å². The van der Waals surface area contributed by atoms with E-state index < -0.39 is 30.7 Å². The Bertz CT molecular complexity index is 1120. The Morgan fingerprint density at radius 1 is 0.718 bits per heavy atom. The van der Waals surface area contributed by atoms with Gasteiger partial charge in [0, 0.05) is 12.5 Å². The molecular weight excluding hydrogens is 512 g/mol. The average Bonchev–Trinajstić information content (AvgIpc) is 2.95. The van der Waals surface area contributed by atoms with Gasteiger partial charge in [0.2, 0.25) is 0 Å². The monoisotopic (exact) mass is 542 g/mol. The highest BCUT2D eigenvalue weighted by molar-refractivity contribution is 5.91. The Kier molecular flexibility index (Phi) is 13.3. The van der Waals surface area contributed by atoms with Crippen LogP contribution in [-0.4, -0.2) is 62.2 Å². The minimum absolute atomic E-state index is 0.0135. The van der Waals surface area contributed by atoms with Gasteiger partial charge in [0.1, 0.15) is 17.2 Å². The van der Waals surface area contributed by atoms with Gasteiger partial charge in [0.05, 0.1) is 44.2 Å². The summed E-state index contributed by atoms with van der Waals surface area (Å²) in [5.74, 6) is -0.754. The normalized spacial score (nSPS) is 10.1. The molecule has 0 aliphatic heterocycles. The van der Waals surface area contributed by atoms with Crippen LogP contribution in [0.25, 0.3) is 0 Å². The van der Waals surface area contributed by atoms with Crippen molar-refractivity contribution in [3.8, 4) is 17.2 Å². The average molecular weight is 543 g/mol. The summed E-state index contributed by atoms with van der Waals surface area (Å²) in [7, 11) is 0. The molecule has 0 aromatic heterocycles. The Balaban J connectivity index is 1.68. The number of benzene rings is 2. The summed E-state index contributed by atoms with van der Waals surface area (Å²) in [6.07, 6.45) is 1.61. The van der Waals surface area contributed by atoms with E-state index in [1.54, 1.807) is 24.3 Å². The minimum Gasteiger partial charge on any atom is -0.493 e. The van der Waals surface area contributed by atoms with Crippen molar-refractivity contribution < 1.29 is 52.7 Å². The van der Waals surface area contributed by atoms with Crippen LogP contribution in [0.5, 0.6) is 17.2 Å². The molecule has 2 aromatic rings. The molecule has 39 heavy (non-hydrogen) atoms. The maximum atomic E-state index is 12.4. The van der Waals surface area contributed by atoms with Gasteiger partial charge < -0.3 is 33.5 Å². The summed E-state index contributed by atoms with van der Waals surface area (Å²) in [5, 5.41) is 8.81. The zero-order chi connectivity index (χ0) is 28.5. The lowest BCUT2D eigenvalue weighted by molar-refractivity contribution is -0.140. The summed E-state index contributed by atoms with van der Waals surface area (Å²) in [5.41, 5.74) is 0.226. The number of unbranched alkanes of at least 4 members (excludes halogenated alkanes) is 1. The number of ether oxygens (including phenoxy) is 6. The van der Waals surface area contributed by atoms with E-state index in [9.17, 15) is 19.2 Å². The Morgan fingerprint density at radius 3 is 1.92 bits per heavy atom. The Morgan fingerprint density at radius 2 is 1.28 bits per heavy atom. The van der Waals surface area contributed by atoms with Gasteiger partial charge >= 0.3 is 24.1 Å². The van der Waals surface area contributed by atoms with E-state index >= 15 is 0 Å². The lowest BCUT2D eigenvalue weighted by Crippen LogP contribution is -2.13. The van der Waals surface area contributed by atoms with E-state index in [0.717, 1.165) is 6.08 Å². The van der Waals surface area contributed by atoms with E-state index in [-0.39, 0.29) is 43.3 Å². The molecule has 11 heteroatoms. The smallest absolute Gasteiger partial charge is 0.493 e. The Labute approximate surface area is 225 Å². The van der Waals surface area contributed by atoms with Crippen molar-refractivity contribution in [3.63, 3.8) is 0 Å². The van der Waals surface area contributed by atoms with Gasteiger partial charge in [0.25, 0.3) is 0 Å². The fourth-order valence-electron chi connectivity index (χ4n) is 2.73. The second-order valence-electron chi connectivity index (χ2n) is 7.76. The highest BCUT2D eigenvalue weighted by Gasteiger charge is 2.11. The quantitative estimate of drug-likeness (QED) is 0.0826. The fraction of sp³-hybridized carbons (Fsp3) is 0.286. The molecule has 0 bridgehead atoms. The van der Waals surface area contributed by atoms with Crippen LogP contribution in [0.4, 0.5) is 4.79 Å². The third-order valence-electron chi connectivity index (χ3n) is 4.77.